The Balaban J connectivity index is 3.83. The molecule has 0 aromatic rings. The van der Waals surface area contributed by atoms with Crippen molar-refractivity contribution >= 4 is 5.91 Å². The second-order valence-corrected chi connectivity index (χ2v) is 16.1. The van der Waals surface area contributed by atoms with Crippen molar-refractivity contribution in [1.29, 1.82) is 0 Å². The second kappa shape index (κ2) is 44.1. The minimum absolute atomic E-state index is 0.344. The van der Waals surface area contributed by atoms with Gasteiger partial charge < -0.3 is 25.7 Å². The van der Waals surface area contributed by atoms with Gasteiger partial charge in [0.25, 0.3) is 0 Å². The average Bonchev–Trinajstić information content (AvgIpc) is 3.20. The summed E-state index contributed by atoms with van der Waals surface area (Å²) in [5.41, 5.74) is 0. The van der Waals surface area contributed by atoms with Crippen LogP contribution in [0.1, 0.15) is 219 Å². The Kier molecular flexibility index (Phi) is 42.6. The van der Waals surface area contributed by atoms with E-state index in [0.717, 1.165) is 70.6 Å². The Bertz CT molecular complexity index is 972. The minimum atomic E-state index is -1.30. The number of hydrogen-bond acceptors (Lipinski definition) is 5. The first-order chi connectivity index (χ1) is 27.5. The largest absolute Gasteiger partial charge is 0.394 e. The fraction of sp³-hybridized carbons (Fsp3) is 0.780. The highest BCUT2D eigenvalue weighted by Gasteiger charge is 2.28. The third kappa shape index (κ3) is 37.6. The highest BCUT2D eigenvalue weighted by atomic mass is 16.3. The van der Waals surface area contributed by atoms with E-state index in [1.165, 1.54) is 116 Å². The van der Waals surface area contributed by atoms with E-state index in [0.29, 0.717) is 19.3 Å². The van der Waals surface area contributed by atoms with Crippen molar-refractivity contribution in [2.24, 2.45) is 0 Å². The number of rotatable bonds is 42. The molecule has 6 heteroatoms. The third-order valence-corrected chi connectivity index (χ3v) is 10.7. The first kappa shape index (κ1) is 54.0. The number of unbranched alkanes of at least 4 members (excludes halogenated alkanes) is 23. The van der Waals surface area contributed by atoms with Crippen molar-refractivity contribution < 1.29 is 25.2 Å². The summed E-state index contributed by atoms with van der Waals surface area (Å²) in [6.45, 7) is 4.02. The van der Waals surface area contributed by atoms with E-state index in [4.69, 9.17) is 0 Å². The zero-order chi connectivity index (χ0) is 41.0. The molecule has 4 unspecified atom stereocenters. The molecular weight excluding hydrogens is 695 g/mol. The molecule has 0 rings (SSSR count). The van der Waals surface area contributed by atoms with Gasteiger partial charge in [0.05, 0.1) is 18.8 Å². The van der Waals surface area contributed by atoms with Crippen molar-refractivity contribution in [1.82, 2.24) is 5.32 Å². The Morgan fingerprint density at radius 3 is 1.23 bits per heavy atom. The van der Waals surface area contributed by atoms with Gasteiger partial charge in [-0.05, 0) is 96.3 Å². The van der Waals surface area contributed by atoms with Crippen LogP contribution >= 0.6 is 0 Å². The number of carbonyl (C=O) groups is 1. The number of amides is 1. The molecule has 1 amide bonds. The Hall–Kier alpha value is -1.99. The number of allylic oxidation sites excluding steroid dienone is 10. The average molecular weight is 786 g/mol. The van der Waals surface area contributed by atoms with Crippen LogP contribution in [0.25, 0.3) is 0 Å². The Morgan fingerprint density at radius 2 is 0.804 bits per heavy atom. The standard InChI is InChI=1S/C50H91NO5/c1-3-5-7-9-11-13-15-17-19-21-23-24-25-26-28-30-32-34-36-38-40-42-44-48(54)50(56)51-46(45-52)49(55)47(53)43-41-39-37-35-33-31-29-27-22-20-18-16-14-12-10-8-6-4-2/h16,18,23-24,26-29,35,37,46-49,52-55H,3-15,17,19-22,25,30-34,36,38-45H2,1-2H3,(H,51,56)/b18-16+,24-23-,28-26-,29-27+,37-35+. The third-order valence-electron chi connectivity index (χ3n) is 10.7. The van der Waals surface area contributed by atoms with Crippen LogP contribution in [-0.2, 0) is 4.79 Å². The van der Waals surface area contributed by atoms with E-state index in [1.807, 2.05) is 0 Å². The van der Waals surface area contributed by atoms with Crippen LogP contribution in [0.15, 0.2) is 60.8 Å². The van der Waals surface area contributed by atoms with E-state index in [2.05, 4.69) is 79.9 Å². The van der Waals surface area contributed by atoms with E-state index in [-0.39, 0.29) is 0 Å². The predicted octanol–water partition coefficient (Wildman–Crippen LogP) is 12.9. The van der Waals surface area contributed by atoms with Gasteiger partial charge in [0.1, 0.15) is 12.2 Å². The highest BCUT2D eigenvalue weighted by molar-refractivity contribution is 5.80. The van der Waals surface area contributed by atoms with Crippen LogP contribution < -0.4 is 5.32 Å². The second-order valence-electron chi connectivity index (χ2n) is 16.1. The van der Waals surface area contributed by atoms with E-state index >= 15 is 0 Å². The van der Waals surface area contributed by atoms with Gasteiger partial charge in [-0.15, -0.1) is 0 Å². The quantitative estimate of drug-likeness (QED) is 0.0313. The zero-order valence-electron chi connectivity index (χ0n) is 36.6. The molecule has 0 aliphatic carbocycles. The molecule has 0 heterocycles. The van der Waals surface area contributed by atoms with Crippen molar-refractivity contribution in [3.05, 3.63) is 60.8 Å². The molecule has 0 spiro atoms. The molecule has 0 radical (unpaired) electrons. The molecule has 0 saturated heterocycles. The summed E-state index contributed by atoms with van der Waals surface area (Å²) in [5.74, 6) is -0.609. The molecule has 326 valence electrons. The van der Waals surface area contributed by atoms with Crippen molar-refractivity contribution in [2.75, 3.05) is 6.61 Å². The van der Waals surface area contributed by atoms with Gasteiger partial charge in [-0.2, -0.15) is 0 Å². The lowest BCUT2D eigenvalue weighted by atomic mass is 10.00. The van der Waals surface area contributed by atoms with Crippen LogP contribution in [0.5, 0.6) is 0 Å². The predicted molar refractivity (Wildman–Crippen MR) is 242 cm³/mol. The van der Waals surface area contributed by atoms with Crippen molar-refractivity contribution in [2.45, 2.75) is 244 Å². The van der Waals surface area contributed by atoms with E-state index < -0.39 is 36.9 Å². The van der Waals surface area contributed by atoms with Crippen molar-refractivity contribution in [3.8, 4) is 0 Å². The van der Waals surface area contributed by atoms with E-state index in [9.17, 15) is 25.2 Å². The molecule has 0 saturated carbocycles. The number of hydrogen-bond donors (Lipinski definition) is 5. The van der Waals surface area contributed by atoms with Crippen LogP contribution in [0.3, 0.4) is 0 Å². The first-order valence-electron chi connectivity index (χ1n) is 23.7. The summed E-state index contributed by atoms with van der Waals surface area (Å²) >= 11 is 0. The molecule has 0 aromatic heterocycles. The van der Waals surface area contributed by atoms with Gasteiger partial charge in [-0.25, -0.2) is 0 Å². The number of nitrogens with one attached hydrogen (secondary N) is 1. The summed E-state index contributed by atoms with van der Waals surface area (Å²) in [6, 6.07) is -1.02. The highest BCUT2D eigenvalue weighted by Crippen LogP contribution is 2.14. The fourth-order valence-corrected chi connectivity index (χ4v) is 6.88. The van der Waals surface area contributed by atoms with Crippen LogP contribution in [-0.4, -0.2) is 57.3 Å². The molecular formula is C50H91NO5. The number of aliphatic hydroxyl groups excluding tert-OH is 4. The lowest BCUT2D eigenvalue weighted by Gasteiger charge is -2.27. The lowest BCUT2D eigenvalue weighted by molar-refractivity contribution is -0.132. The van der Waals surface area contributed by atoms with Gasteiger partial charge >= 0.3 is 0 Å². The molecule has 0 bridgehead atoms. The maximum absolute atomic E-state index is 12.5. The number of aliphatic hydroxyl groups is 4. The molecule has 0 aliphatic heterocycles. The maximum atomic E-state index is 12.5. The smallest absolute Gasteiger partial charge is 0.249 e. The SMILES string of the molecule is CCCCCCC/C=C/CC/C=C/CC/C=C/CCCC(O)C(O)C(CO)NC(=O)C(O)CCCCCCCC/C=C\C/C=C\CCCCCCCCCCC. The van der Waals surface area contributed by atoms with Gasteiger partial charge in [0.2, 0.25) is 5.91 Å². The minimum Gasteiger partial charge on any atom is -0.394 e. The van der Waals surface area contributed by atoms with Crippen LogP contribution in [0, 0.1) is 0 Å². The maximum Gasteiger partial charge on any atom is 0.249 e. The monoisotopic (exact) mass is 786 g/mol. The van der Waals surface area contributed by atoms with Crippen LogP contribution in [0.4, 0.5) is 0 Å². The summed E-state index contributed by atoms with van der Waals surface area (Å²) in [5, 5.41) is 43.7. The van der Waals surface area contributed by atoms with Gasteiger partial charge in [0, 0.05) is 0 Å². The van der Waals surface area contributed by atoms with Gasteiger partial charge in [-0.3, -0.25) is 4.79 Å². The summed E-state index contributed by atoms with van der Waals surface area (Å²) < 4.78 is 0. The van der Waals surface area contributed by atoms with Gasteiger partial charge in [-0.1, -0.05) is 184 Å². The summed E-state index contributed by atoms with van der Waals surface area (Å²) in [6.07, 6.45) is 55.4. The fourth-order valence-electron chi connectivity index (χ4n) is 6.88. The molecule has 56 heavy (non-hydrogen) atoms. The molecule has 6 nitrogen and oxygen atoms in total. The molecule has 0 aliphatic rings. The Labute approximate surface area is 346 Å². The number of carbonyl (C=O) groups excluding carboxylic acids is 1. The first-order valence-corrected chi connectivity index (χ1v) is 23.7. The molecule has 5 N–H and O–H groups in total. The van der Waals surface area contributed by atoms with Crippen molar-refractivity contribution in [3.63, 3.8) is 0 Å². The van der Waals surface area contributed by atoms with E-state index in [1.54, 1.807) is 0 Å². The zero-order valence-corrected chi connectivity index (χ0v) is 36.6. The Morgan fingerprint density at radius 1 is 0.446 bits per heavy atom. The summed E-state index contributed by atoms with van der Waals surface area (Å²) in [4.78, 5) is 12.5. The molecule has 4 atom stereocenters. The van der Waals surface area contributed by atoms with Gasteiger partial charge in [0.15, 0.2) is 0 Å². The lowest BCUT2D eigenvalue weighted by Crippen LogP contribution is -2.53. The summed E-state index contributed by atoms with van der Waals surface area (Å²) in [7, 11) is 0. The van der Waals surface area contributed by atoms with Crippen LogP contribution in [0.2, 0.25) is 0 Å². The molecule has 0 fully saturated rings. The normalized spacial score (nSPS) is 14.6. The topological polar surface area (TPSA) is 110 Å². The molecule has 0 aromatic carbocycles.